The first kappa shape index (κ1) is 14.6. The van der Waals surface area contributed by atoms with Gasteiger partial charge < -0.3 is 9.29 Å². The molecule has 0 aliphatic heterocycles. The summed E-state index contributed by atoms with van der Waals surface area (Å²) in [7, 11) is -2.90. The molecule has 2 rings (SSSR count). The van der Waals surface area contributed by atoms with Gasteiger partial charge in [-0.05, 0) is 42.7 Å². The molecule has 2 aromatic carbocycles. The second kappa shape index (κ2) is 5.64. The standard InChI is InChI=1S/C15H16O4S/c1-11-6-7-15(20(16,17)18)13(8-11)9-12-4-3-5-14(10-12)19-2/h3-8,10H,9H2,1-2H3,(H,16,17,18)/p-1. The van der Waals surface area contributed by atoms with Crippen LogP contribution in [-0.2, 0) is 16.5 Å². The van der Waals surface area contributed by atoms with Gasteiger partial charge in [0, 0.05) is 0 Å². The maximum absolute atomic E-state index is 11.3. The molecule has 0 N–H and O–H groups in total. The van der Waals surface area contributed by atoms with Gasteiger partial charge in [-0.3, -0.25) is 0 Å². The maximum Gasteiger partial charge on any atom is 0.124 e. The number of hydrogen-bond donors (Lipinski definition) is 0. The Labute approximate surface area is 118 Å². The molecule has 4 nitrogen and oxygen atoms in total. The first-order valence-electron chi connectivity index (χ1n) is 6.08. The van der Waals surface area contributed by atoms with E-state index in [0.717, 1.165) is 11.1 Å². The van der Waals surface area contributed by atoms with Gasteiger partial charge in [-0.25, -0.2) is 8.42 Å². The fraction of sp³-hybridized carbons (Fsp3) is 0.200. The van der Waals surface area contributed by atoms with Crippen molar-refractivity contribution in [1.29, 1.82) is 0 Å². The first-order chi connectivity index (χ1) is 9.40. The van der Waals surface area contributed by atoms with Gasteiger partial charge in [0.25, 0.3) is 0 Å². The summed E-state index contributed by atoms with van der Waals surface area (Å²) in [5, 5.41) is 0. The second-order valence-corrected chi connectivity index (χ2v) is 5.94. The lowest BCUT2D eigenvalue weighted by Gasteiger charge is -2.14. The Hall–Kier alpha value is -1.85. The number of methoxy groups -OCH3 is 1. The van der Waals surface area contributed by atoms with Crippen LogP contribution in [0.2, 0.25) is 0 Å². The Morgan fingerprint density at radius 2 is 1.90 bits per heavy atom. The van der Waals surface area contributed by atoms with Crippen molar-refractivity contribution < 1.29 is 17.7 Å². The lowest BCUT2D eigenvalue weighted by Crippen LogP contribution is -2.04. The zero-order chi connectivity index (χ0) is 14.8. The summed E-state index contributed by atoms with van der Waals surface area (Å²) in [5.41, 5.74) is 2.31. The normalized spacial score (nSPS) is 11.3. The lowest BCUT2D eigenvalue weighted by atomic mass is 10.0. The highest BCUT2D eigenvalue weighted by atomic mass is 32.2. The SMILES string of the molecule is COc1cccc(Cc2cc(C)ccc2S(=O)(=O)[O-])c1. The van der Waals surface area contributed by atoms with E-state index in [9.17, 15) is 13.0 Å². The van der Waals surface area contributed by atoms with Crippen molar-refractivity contribution in [2.75, 3.05) is 7.11 Å². The molecule has 5 heteroatoms. The third kappa shape index (κ3) is 3.37. The molecule has 0 unspecified atom stereocenters. The summed E-state index contributed by atoms with van der Waals surface area (Å²) < 4.78 is 39.0. The van der Waals surface area contributed by atoms with Crippen molar-refractivity contribution in [1.82, 2.24) is 0 Å². The van der Waals surface area contributed by atoms with E-state index in [-0.39, 0.29) is 4.90 Å². The third-order valence-corrected chi connectivity index (χ3v) is 3.95. The first-order valence-corrected chi connectivity index (χ1v) is 7.49. The molecule has 0 atom stereocenters. The predicted molar refractivity (Wildman–Crippen MR) is 74.9 cm³/mol. The number of hydrogen-bond acceptors (Lipinski definition) is 4. The maximum atomic E-state index is 11.3. The van der Waals surface area contributed by atoms with Gasteiger partial charge in [-0.1, -0.05) is 29.8 Å². The van der Waals surface area contributed by atoms with Crippen molar-refractivity contribution in [2.45, 2.75) is 18.2 Å². The molecule has 2 aromatic rings. The predicted octanol–water partition coefficient (Wildman–Crippen LogP) is 2.50. The molecule has 0 aromatic heterocycles. The van der Waals surface area contributed by atoms with E-state index in [0.29, 0.717) is 17.7 Å². The van der Waals surface area contributed by atoms with Gasteiger partial charge in [0.2, 0.25) is 0 Å². The Kier molecular flexibility index (Phi) is 4.11. The molecular weight excluding hydrogens is 276 g/mol. The number of benzene rings is 2. The summed E-state index contributed by atoms with van der Waals surface area (Å²) in [6.45, 7) is 1.86. The van der Waals surface area contributed by atoms with E-state index in [1.165, 1.54) is 6.07 Å². The zero-order valence-corrected chi connectivity index (χ0v) is 12.1. The highest BCUT2D eigenvalue weighted by Gasteiger charge is 2.10. The van der Waals surface area contributed by atoms with Gasteiger partial charge >= 0.3 is 0 Å². The molecule has 0 saturated carbocycles. The highest BCUT2D eigenvalue weighted by Crippen LogP contribution is 2.22. The number of aryl methyl sites for hydroxylation is 1. The highest BCUT2D eigenvalue weighted by molar-refractivity contribution is 7.85. The summed E-state index contributed by atoms with van der Waals surface area (Å²) in [6, 6.07) is 12.0. The molecule has 0 spiro atoms. The van der Waals surface area contributed by atoms with Gasteiger partial charge in [-0.2, -0.15) is 0 Å². The fourth-order valence-electron chi connectivity index (χ4n) is 2.09. The lowest BCUT2D eigenvalue weighted by molar-refractivity contribution is 0.414. The summed E-state index contributed by atoms with van der Waals surface area (Å²) >= 11 is 0. The van der Waals surface area contributed by atoms with Crippen molar-refractivity contribution >= 4 is 10.1 Å². The molecule has 20 heavy (non-hydrogen) atoms. The summed E-state index contributed by atoms with van der Waals surface area (Å²) in [5.74, 6) is 0.696. The Balaban J connectivity index is 2.44. The minimum absolute atomic E-state index is 0.161. The van der Waals surface area contributed by atoms with Crippen LogP contribution in [0.5, 0.6) is 5.75 Å². The largest absolute Gasteiger partial charge is 0.744 e. The molecular formula is C15H15O4S-. The zero-order valence-electron chi connectivity index (χ0n) is 11.3. The van der Waals surface area contributed by atoms with Crippen molar-refractivity contribution in [3.8, 4) is 5.75 Å². The van der Waals surface area contributed by atoms with Crippen molar-refractivity contribution in [3.63, 3.8) is 0 Å². The molecule has 0 bridgehead atoms. The van der Waals surface area contributed by atoms with Gasteiger partial charge in [0.05, 0.1) is 12.0 Å². The molecule has 0 heterocycles. The van der Waals surface area contributed by atoms with Crippen LogP contribution >= 0.6 is 0 Å². The van der Waals surface area contributed by atoms with Gasteiger partial charge in [0.15, 0.2) is 0 Å². The minimum Gasteiger partial charge on any atom is -0.744 e. The minimum atomic E-state index is -4.47. The smallest absolute Gasteiger partial charge is 0.124 e. The summed E-state index contributed by atoms with van der Waals surface area (Å²) in [4.78, 5) is -0.161. The summed E-state index contributed by atoms with van der Waals surface area (Å²) in [6.07, 6.45) is 0.371. The average Bonchev–Trinajstić information content (AvgIpc) is 2.37. The van der Waals surface area contributed by atoms with Crippen LogP contribution in [0, 0.1) is 6.92 Å². The molecule has 0 saturated heterocycles. The van der Waals surface area contributed by atoms with Crippen molar-refractivity contribution in [3.05, 3.63) is 59.2 Å². The van der Waals surface area contributed by atoms with Crippen LogP contribution in [0.15, 0.2) is 47.4 Å². The monoisotopic (exact) mass is 291 g/mol. The van der Waals surface area contributed by atoms with Crippen LogP contribution < -0.4 is 4.74 Å². The number of ether oxygens (including phenoxy) is 1. The third-order valence-electron chi connectivity index (χ3n) is 3.01. The van der Waals surface area contributed by atoms with Crippen LogP contribution in [-0.4, -0.2) is 20.1 Å². The van der Waals surface area contributed by atoms with Crippen LogP contribution in [0.25, 0.3) is 0 Å². The molecule has 0 amide bonds. The quantitative estimate of drug-likeness (QED) is 0.812. The molecule has 0 fully saturated rings. The van der Waals surface area contributed by atoms with Crippen molar-refractivity contribution in [2.24, 2.45) is 0 Å². The van der Waals surface area contributed by atoms with E-state index >= 15 is 0 Å². The van der Waals surface area contributed by atoms with E-state index in [1.807, 2.05) is 31.2 Å². The van der Waals surface area contributed by atoms with E-state index in [2.05, 4.69) is 0 Å². The second-order valence-electron chi connectivity index (χ2n) is 4.59. The van der Waals surface area contributed by atoms with E-state index < -0.39 is 10.1 Å². The molecule has 0 radical (unpaired) electrons. The van der Waals surface area contributed by atoms with Crippen LogP contribution in [0.3, 0.4) is 0 Å². The molecule has 106 valence electrons. The van der Waals surface area contributed by atoms with E-state index in [4.69, 9.17) is 4.74 Å². The molecule has 0 aliphatic rings. The fourth-order valence-corrected chi connectivity index (χ4v) is 2.78. The van der Waals surface area contributed by atoms with Crippen LogP contribution in [0.1, 0.15) is 16.7 Å². The van der Waals surface area contributed by atoms with Gasteiger partial charge in [-0.15, -0.1) is 0 Å². The number of rotatable bonds is 4. The topological polar surface area (TPSA) is 66.4 Å². The Bertz CT molecular complexity index is 720. The van der Waals surface area contributed by atoms with E-state index in [1.54, 1.807) is 19.2 Å². The van der Waals surface area contributed by atoms with Crippen LogP contribution in [0.4, 0.5) is 0 Å². The Morgan fingerprint density at radius 1 is 1.15 bits per heavy atom. The average molecular weight is 291 g/mol. The Morgan fingerprint density at radius 3 is 2.55 bits per heavy atom. The molecule has 0 aliphatic carbocycles. The van der Waals surface area contributed by atoms with Gasteiger partial charge in [0.1, 0.15) is 15.9 Å².